The first-order valence-electron chi connectivity index (χ1n) is 9.20. The van der Waals surface area contributed by atoms with Crippen molar-refractivity contribution in [2.45, 2.75) is 31.4 Å². The Kier molecular flexibility index (Phi) is 5.56. The minimum atomic E-state index is -0.316. The van der Waals surface area contributed by atoms with Crippen LogP contribution in [0, 0.1) is 0 Å². The maximum absolute atomic E-state index is 6.17. The largest absolute Gasteiger partial charge is 0.490 e. The first-order valence-corrected chi connectivity index (χ1v) is 9.20. The number of rotatable bonds is 6. The number of ether oxygens (including phenoxy) is 3. The lowest BCUT2D eigenvalue weighted by atomic mass is 10.1. The van der Waals surface area contributed by atoms with Crippen LogP contribution in [0.15, 0.2) is 91.0 Å². The summed E-state index contributed by atoms with van der Waals surface area (Å²) >= 11 is 0. The van der Waals surface area contributed by atoms with Gasteiger partial charge in [-0.3, -0.25) is 0 Å². The number of benzene rings is 3. The van der Waals surface area contributed by atoms with Crippen LogP contribution < -0.4 is 19.5 Å². The van der Waals surface area contributed by atoms with Crippen molar-refractivity contribution >= 4 is 0 Å². The third-order valence-corrected chi connectivity index (χ3v) is 4.34. The molecule has 1 radical (unpaired) electrons. The van der Waals surface area contributed by atoms with E-state index in [0.717, 1.165) is 17.2 Å². The molecule has 0 amide bonds. The highest BCUT2D eigenvalue weighted by Crippen LogP contribution is 2.25. The summed E-state index contributed by atoms with van der Waals surface area (Å²) in [4.78, 5) is 0. The van der Waals surface area contributed by atoms with Crippen molar-refractivity contribution in [3.05, 3.63) is 91.0 Å². The Morgan fingerprint density at radius 1 is 0.519 bits per heavy atom. The molecule has 1 aliphatic rings. The molecule has 0 bridgehead atoms. The number of para-hydroxylation sites is 3. The van der Waals surface area contributed by atoms with Crippen LogP contribution in [0.3, 0.4) is 0 Å². The molecule has 0 aliphatic carbocycles. The van der Waals surface area contributed by atoms with Gasteiger partial charge in [0.1, 0.15) is 23.4 Å². The second-order valence-electron chi connectivity index (χ2n) is 6.44. The maximum Gasteiger partial charge on any atom is 0.172 e. The van der Waals surface area contributed by atoms with E-state index < -0.39 is 0 Å². The third kappa shape index (κ3) is 5.02. The summed E-state index contributed by atoms with van der Waals surface area (Å²) in [7, 11) is 0. The Balaban J connectivity index is 1.47. The summed E-state index contributed by atoms with van der Waals surface area (Å²) < 4.78 is 18.3. The molecule has 0 spiro atoms. The molecular formula is C23H22NO3. The van der Waals surface area contributed by atoms with E-state index >= 15 is 0 Å². The number of hydrogen-bond donors (Lipinski definition) is 0. The molecule has 2 atom stereocenters. The van der Waals surface area contributed by atoms with E-state index in [0.29, 0.717) is 12.8 Å². The third-order valence-electron chi connectivity index (χ3n) is 4.34. The average Bonchev–Trinajstić information content (AvgIpc) is 2.70. The second-order valence-corrected chi connectivity index (χ2v) is 6.44. The van der Waals surface area contributed by atoms with E-state index in [1.165, 1.54) is 0 Å². The highest BCUT2D eigenvalue weighted by Gasteiger charge is 2.33. The molecule has 4 heteroatoms. The van der Waals surface area contributed by atoms with Gasteiger partial charge in [-0.1, -0.05) is 54.6 Å². The first-order chi connectivity index (χ1) is 13.3. The van der Waals surface area contributed by atoms with Crippen LogP contribution in [0.2, 0.25) is 0 Å². The van der Waals surface area contributed by atoms with Gasteiger partial charge in [0.2, 0.25) is 0 Å². The maximum atomic E-state index is 6.17. The first kappa shape index (κ1) is 17.4. The second kappa shape index (κ2) is 8.60. The van der Waals surface area contributed by atoms with Crippen molar-refractivity contribution in [1.82, 2.24) is 5.32 Å². The molecular weight excluding hydrogens is 338 g/mol. The minimum Gasteiger partial charge on any atom is -0.490 e. The topological polar surface area (TPSA) is 41.8 Å². The summed E-state index contributed by atoms with van der Waals surface area (Å²) in [6.45, 7) is 0. The van der Waals surface area contributed by atoms with Crippen molar-refractivity contribution in [3.63, 3.8) is 0 Å². The Morgan fingerprint density at radius 3 is 1.30 bits per heavy atom. The van der Waals surface area contributed by atoms with Gasteiger partial charge < -0.3 is 14.2 Å². The molecule has 0 N–H and O–H groups in total. The van der Waals surface area contributed by atoms with Gasteiger partial charge in [0.05, 0.1) is 0 Å². The van der Waals surface area contributed by atoms with Gasteiger partial charge >= 0.3 is 0 Å². The van der Waals surface area contributed by atoms with E-state index in [9.17, 15) is 0 Å². The molecule has 1 fully saturated rings. The van der Waals surface area contributed by atoms with E-state index in [1.54, 1.807) is 0 Å². The number of nitrogens with zero attached hydrogens (tertiary/aromatic N) is 1. The molecule has 4 nitrogen and oxygen atoms in total. The highest BCUT2D eigenvalue weighted by atomic mass is 16.5. The normalized spacial score (nSPS) is 22.0. The van der Waals surface area contributed by atoms with Crippen LogP contribution in [-0.4, -0.2) is 18.6 Å². The molecule has 137 valence electrons. The van der Waals surface area contributed by atoms with E-state index in [2.05, 4.69) is 0 Å². The lowest BCUT2D eigenvalue weighted by molar-refractivity contribution is -0.0265. The minimum absolute atomic E-state index is 0.0349. The lowest BCUT2D eigenvalue weighted by Crippen LogP contribution is -2.49. The average molecular weight is 360 g/mol. The molecule has 1 heterocycles. The molecule has 27 heavy (non-hydrogen) atoms. The van der Waals surface area contributed by atoms with E-state index in [-0.39, 0.29) is 18.6 Å². The van der Waals surface area contributed by atoms with E-state index in [4.69, 9.17) is 19.5 Å². The fourth-order valence-electron chi connectivity index (χ4n) is 3.11. The zero-order valence-corrected chi connectivity index (χ0v) is 15.0. The summed E-state index contributed by atoms with van der Waals surface area (Å²) in [6, 6.07) is 29.3. The quantitative estimate of drug-likeness (QED) is 0.643. The van der Waals surface area contributed by atoms with Crippen molar-refractivity contribution in [2.75, 3.05) is 0 Å². The van der Waals surface area contributed by atoms with E-state index in [1.807, 2.05) is 91.0 Å². The molecule has 0 saturated carbocycles. The molecule has 1 saturated heterocycles. The summed E-state index contributed by atoms with van der Waals surface area (Å²) in [5.41, 5.74) is 0. The number of hydrogen-bond acceptors (Lipinski definition) is 3. The SMILES string of the molecule is c1ccc(OC2CC(Oc3ccccc3)[N]C(Oc3ccccc3)C2)cc1. The fraction of sp³-hybridized carbons (Fsp3) is 0.217. The highest BCUT2D eigenvalue weighted by molar-refractivity contribution is 5.23. The molecule has 3 aromatic rings. The van der Waals surface area contributed by atoms with Crippen LogP contribution in [0.4, 0.5) is 0 Å². The predicted octanol–water partition coefficient (Wildman–Crippen LogP) is 4.64. The van der Waals surface area contributed by atoms with Crippen LogP contribution in [0.5, 0.6) is 17.2 Å². The van der Waals surface area contributed by atoms with Crippen LogP contribution in [0.1, 0.15) is 12.8 Å². The zero-order valence-electron chi connectivity index (χ0n) is 15.0. The van der Waals surface area contributed by atoms with Crippen LogP contribution in [-0.2, 0) is 0 Å². The fourth-order valence-corrected chi connectivity index (χ4v) is 3.11. The Morgan fingerprint density at radius 2 is 0.889 bits per heavy atom. The van der Waals surface area contributed by atoms with Crippen molar-refractivity contribution in [2.24, 2.45) is 0 Å². The standard InChI is InChI=1S/C23H22NO3/c1-4-10-18(11-5-1)25-21-16-22(26-19-12-6-2-7-13-19)24-23(17-21)27-20-14-8-3-9-15-20/h1-15,21-23H,16-17H2. The predicted molar refractivity (Wildman–Crippen MR) is 104 cm³/mol. The Labute approximate surface area is 159 Å². The monoisotopic (exact) mass is 360 g/mol. The summed E-state index contributed by atoms with van der Waals surface area (Å²) in [5.74, 6) is 2.44. The van der Waals surface area contributed by atoms with Gasteiger partial charge in [0.25, 0.3) is 0 Å². The molecule has 1 aliphatic heterocycles. The van der Waals surface area contributed by atoms with Crippen molar-refractivity contribution in [1.29, 1.82) is 0 Å². The van der Waals surface area contributed by atoms with Gasteiger partial charge in [0, 0.05) is 12.8 Å². The lowest BCUT2D eigenvalue weighted by Gasteiger charge is -2.34. The Bertz CT molecular complexity index is 692. The molecule has 4 rings (SSSR count). The number of piperidine rings is 1. The van der Waals surface area contributed by atoms with Gasteiger partial charge in [-0.05, 0) is 36.4 Å². The molecule has 3 aromatic carbocycles. The van der Waals surface area contributed by atoms with Crippen LogP contribution >= 0.6 is 0 Å². The van der Waals surface area contributed by atoms with Gasteiger partial charge in [-0.15, -0.1) is 0 Å². The van der Waals surface area contributed by atoms with Crippen molar-refractivity contribution < 1.29 is 14.2 Å². The van der Waals surface area contributed by atoms with Gasteiger partial charge in [-0.25, -0.2) is 0 Å². The Hall–Kier alpha value is -2.98. The summed E-state index contributed by atoms with van der Waals surface area (Å²) in [6.07, 6.45) is 0.691. The molecule has 0 aromatic heterocycles. The summed E-state index contributed by atoms with van der Waals surface area (Å²) in [5, 5.41) is 4.74. The van der Waals surface area contributed by atoms with Gasteiger partial charge in [0.15, 0.2) is 12.5 Å². The van der Waals surface area contributed by atoms with Gasteiger partial charge in [-0.2, -0.15) is 5.32 Å². The van der Waals surface area contributed by atoms with Crippen LogP contribution in [0.25, 0.3) is 0 Å². The zero-order chi connectivity index (χ0) is 18.3. The van der Waals surface area contributed by atoms with Crippen molar-refractivity contribution in [3.8, 4) is 17.2 Å². The smallest absolute Gasteiger partial charge is 0.172 e. The molecule has 2 unspecified atom stereocenters.